The zero-order valence-corrected chi connectivity index (χ0v) is 22.1. The van der Waals surface area contributed by atoms with Gasteiger partial charge in [0.2, 0.25) is 5.91 Å². The Kier molecular flexibility index (Phi) is 8.74. The van der Waals surface area contributed by atoms with E-state index >= 15 is 0 Å². The van der Waals surface area contributed by atoms with Gasteiger partial charge in [0, 0.05) is 42.3 Å². The second-order valence-corrected chi connectivity index (χ2v) is 9.71. The van der Waals surface area contributed by atoms with Gasteiger partial charge in [-0.3, -0.25) is 9.59 Å². The topological polar surface area (TPSA) is 56.4 Å². The van der Waals surface area contributed by atoms with Crippen molar-refractivity contribution in [3.63, 3.8) is 0 Å². The highest BCUT2D eigenvalue weighted by atomic mass is 19.4. The number of nitrogens with zero attached hydrogens (tertiary/aromatic N) is 2. The number of alkyl halides is 3. The summed E-state index contributed by atoms with van der Waals surface area (Å²) in [6.07, 6.45) is -1.29. The molecule has 0 radical (unpaired) electrons. The van der Waals surface area contributed by atoms with E-state index in [0.717, 1.165) is 34.2 Å². The van der Waals surface area contributed by atoms with Crippen molar-refractivity contribution in [1.29, 1.82) is 0 Å². The fourth-order valence-corrected chi connectivity index (χ4v) is 4.57. The molecule has 4 aromatic rings. The molecule has 1 aromatic heterocycles. The van der Waals surface area contributed by atoms with Crippen LogP contribution in [0.3, 0.4) is 0 Å². The lowest BCUT2D eigenvalue weighted by molar-refractivity contribution is -0.137. The van der Waals surface area contributed by atoms with Crippen LogP contribution in [-0.2, 0) is 23.9 Å². The highest BCUT2D eigenvalue weighted by Gasteiger charge is 2.30. The molecule has 8 heteroatoms. The van der Waals surface area contributed by atoms with Crippen molar-refractivity contribution < 1.29 is 22.8 Å². The molecule has 0 aliphatic carbocycles. The maximum Gasteiger partial charge on any atom is 0.416 e. The molecule has 0 fully saturated rings. The Bertz CT molecular complexity index is 1410. The van der Waals surface area contributed by atoms with Crippen molar-refractivity contribution in [2.75, 3.05) is 19.6 Å². The molecular weight excluding hydrogens is 503 g/mol. The zero-order valence-electron chi connectivity index (χ0n) is 22.1. The molecule has 0 aliphatic heterocycles. The Morgan fingerprint density at radius 3 is 2.23 bits per heavy atom. The van der Waals surface area contributed by atoms with Crippen molar-refractivity contribution >= 4 is 22.7 Å². The van der Waals surface area contributed by atoms with Crippen LogP contribution in [0, 0.1) is 6.92 Å². The highest BCUT2D eigenvalue weighted by Crippen LogP contribution is 2.29. The number of rotatable bonds is 10. The van der Waals surface area contributed by atoms with Crippen LogP contribution in [0.5, 0.6) is 0 Å². The van der Waals surface area contributed by atoms with E-state index in [0.29, 0.717) is 37.1 Å². The number of fused-ring (bicyclic) bond motifs is 1. The molecule has 0 aliphatic rings. The number of carbonyl (C=O) groups is 2. The number of para-hydroxylation sites is 1. The maximum atomic E-state index is 13.6. The van der Waals surface area contributed by atoms with Gasteiger partial charge in [-0.15, -0.1) is 0 Å². The molecule has 4 rings (SSSR count). The number of amides is 2. The number of carbonyl (C=O) groups excluding carboxylic acids is 2. The fourth-order valence-electron chi connectivity index (χ4n) is 4.57. The lowest BCUT2D eigenvalue weighted by atomic mass is 10.1. The van der Waals surface area contributed by atoms with E-state index in [1.54, 1.807) is 21.9 Å². The SMILES string of the molecule is CCCN(CC(=O)N(CCc1c[nH]c2ccccc12)Cc1ccc(C(F)(F)F)cc1)C(=O)c1ccc(C)cc1. The van der Waals surface area contributed by atoms with Crippen LogP contribution >= 0.6 is 0 Å². The highest BCUT2D eigenvalue weighted by molar-refractivity contribution is 5.96. The van der Waals surface area contributed by atoms with E-state index in [1.807, 2.05) is 56.4 Å². The molecule has 3 aromatic carbocycles. The van der Waals surface area contributed by atoms with Gasteiger partial charge in [0.1, 0.15) is 6.54 Å². The molecule has 1 heterocycles. The van der Waals surface area contributed by atoms with Gasteiger partial charge in [0.05, 0.1) is 5.56 Å². The molecule has 2 amide bonds. The van der Waals surface area contributed by atoms with E-state index in [4.69, 9.17) is 0 Å². The largest absolute Gasteiger partial charge is 0.416 e. The van der Waals surface area contributed by atoms with Gasteiger partial charge in [-0.25, -0.2) is 0 Å². The first-order valence-corrected chi connectivity index (χ1v) is 13.0. The minimum absolute atomic E-state index is 0.116. The lowest BCUT2D eigenvalue weighted by Gasteiger charge is -2.28. The summed E-state index contributed by atoms with van der Waals surface area (Å²) in [7, 11) is 0. The molecule has 1 N–H and O–H groups in total. The van der Waals surface area contributed by atoms with Crippen LogP contribution in [0.4, 0.5) is 13.2 Å². The predicted molar refractivity (Wildman–Crippen MR) is 146 cm³/mol. The third kappa shape index (κ3) is 7.07. The molecule has 204 valence electrons. The average Bonchev–Trinajstić information content (AvgIpc) is 3.33. The van der Waals surface area contributed by atoms with Crippen LogP contribution in [0.2, 0.25) is 0 Å². The Hall–Kier alpha value is -4.07. The number of H-pyrrole nitrogens is 1. The molecule has 0 saturated heterocycles. The summed E-state index contributed by atoms with van der Waals surface area (Å²) in [5.74, 6) is -0.486. The standard InChI is InChI=1S/C31H32F3N3O2/c1-3-17-37(30(39)24-12-8-22(2)9-13-24)21-29(38)36(20-23-10-14-26(15-11-23)31(32,33)34)18-16-25-19-35-28-7-5-4-6-27(25)28/h4-15,19,35H,3,16-18,20-21H2,1-2H3. The summed E-state index contributed by atoms with van der Waals surface area (Å²) >= 11 is 0. The van der Waals surface area contributed by atoms with E-state index in [2.05, 4.69) is 4.98 Å². The van der Waals surface area contributed by atoms with E-state index < -0.39 is 11.7 Å². The van der Waals surface area contributed by atoms with Crippen molar-refractivity contribution in [2.45, 2.75) is 39.4 Å². The minimum atomic E-state index is -4.43. The van der Waals surface area contributed by atoms with E-state index in [1.165, 1.54) is 12.1 Å². The summed E-state index contributed by atoms with van der Waals surface area (Å²) in [5, 5.41) is 1.06. The van der Waals surface area contributed by atoms with Gasteiger partial charge in [0.15, 0.2) is 0 Å². The van der Waals surface area contributed by atoms with Crippen molar-refractivity contribution in [2.24, 2.45) is 0 Å². The van der Waals surface area contributed by atoms with Gasteiger partial charge < -0.3 is 14.8 Å². The number of benzene rings is 3. The summed E-state index contributed by atoms with van der Waals surface area (Å²) in [5.41, 5.74) is 3.42. The van der Waals surface area contributed by atoms with Crippen LogP contribution < -0.4 is 0 Å². The Labute approximate surface area is 226 Å². The third-order valence-electron chi connectivity index (χ3n) is 6.74. The average molecular weight is 536 g/mol. The van der Waals surface area contributed by atoms with Gasteiger partial charge in [-0.2, -0.15) is 13.2 Å². The van der Waals surface area contributed by atoms with Crippen LogP contribution in [-0.4, -0.2) is 46.2 Å². The molecule has 0 saturated carbocycles. The maximum absolute atomic E-state index is 13.6. The predicted octanol–water partition coefficient (Wildman–Crippen LogP) is 6.62. The molecule has 0 unspecified atom stereocenters. The summed E-state index contributed by atoms with van der Waals surface area (Å²) < 4.78 is 39.2. The Morgan fingerprint density at radius 1 is 0.872 bits per heavy atom. The van der Waals surface area contributed by atoms with Crippen molar-refractivity contribution in [1.82, 2.24) is 14.8 Å². The number of halogens is 3. The Balaban J connectivity index is 1.55. The molecule has 0 bridgehead atoms. The first-order chi connectivity index (χ1) is 18.7. The lowest BCUT2D eigenvalue weighted by Crippen LogP contribution is -2.43. The number of hydrogen-bond donors (Lipinski definition) is 1. The number of nitrogens with one attached hydrogen (secondary N) is 1. The quantitative estimate of drug-likeness (QED) is 0.248. The zero-order chi connectivity index (χ0) is 28.0. The van der Waals surface area contributed by atoms with Gasteiger partial charge in [-0.1, -0.05) is 55.0 Å². The van der Waals surface area contributed by atoms with Crippen molar-refractivity contribution in [3.05, 3.63) is 107 Å². The minimum Gasteiger partial charge on any atom is -0.361 e. The number of aryl methyl sites for hydroxylation is 1. The monoisotopic (exact) mass is 535 g/mol. The first-order valence-electron chi connectivity index (χ1n) is 13.0. The van der Waals surface area contributed by atoms with Gasteiger partial charge >= 0.3 is 6.18 Å². The third-order valence-corrected chi connectivity index (χ3v) is 6.74. The number of aromatic nitrogens is 1. The second-order valence-electron chi connectivity index (χ2n) is 9.71. The Morgan fingerprint density at radius 2 is 1.56 bits per heavy atom. The first kappa shape index (κ1) is 28.0. The van der Waals surface area contributed by atoms with Crippen LogP contribution in [0.15, 0.2) is 79.0 Å². The fraction of sp³-hybridized carbons (Fsp3) is 0.290. The smallest absolute Gasteiger partial charge is 0.361 e. The summed E-state index contributed by atoms with van der Waals surface area (Å²) in [4.78, 5) is 33.2. The van der Waals surface area contributed by atoms with Gasteiger partial charge in [0.25, 0.3) is 5.91 Å². The van der Waals surface area contributed by atoms with Crippen LogP contribution in [0.1, 0.15) is 46.0 Å². The molecule has 0 atom stereocenters. The van der Waals surface area contributed by atoms with Gasteiger partial charge in [-0.05, 0) is 61.2 Å². The molecular formula is C31H32F3N3O2. The molecule has 39 heavy (non-hydrogen) atoms. The normalized spacial score (nSPS) is 11.5. The van der Waals surface area contributed by atoms with E-state index in [9.17, 15) is 22.8 Å². The summed E-state index contributed by atoms with van der Waals surface area (Å²) in [6.45, 7) is 4.66. The van der Waals surface area contributed by atoms with Crippen molar-refractivity contribution in [3.8, 4) is 0 Å². The number of hydrogen-bond acceptors (Lipinski definition) is 2. The second kappa shape index (κ2) is 12.2. The summed E-state index contributed by atoms with van der Waals surface area (Å²) in [6, 6.07) is 19.9. The molecule has 5 nitrogen and oxygen atoms in total. The molecule has 0 spiro atoms. The number of aromatic amines is 1. The van der Waals surface area contributed by atoms with Crippen LogP contribution in [0.25, 0.3) is 10.9 Å². The van der Waals surface area contributed by atoms with E-state index in [-0.39, 0.29) is 24.9 Å².